The van der Waals surface area contributed by atoms with Crippen LogP contribution in [0.15, 0.2) is 30.3 Å². The summed E-state index contributed by atoms with van der Waals surface area (Å²) in [6, 6.07) is 10.3. The van der Waals surface area contributed by atoms with Crippen LogP contribution in [0, 0.1) is 13.8 Å². The fourth-order valence-electron chi connectivity index (χ4n) is 2.44. The zero-order valence-electron chi connectivity index (χ0n) is 11.3. The molecule has 2 nitrogen and oxygen atoms in total. The van der Waals surface area contributed by atoms with E-state index in [1.54, 1.807) is 0 Å². The van der Waals surface area contributed by atoms with Gasteiger partial charge in [0.15, 0.2) is 0 Å². The van der Waals surface area contributed by atoms with Crippen LogP contribution >= 0.6 is 11.6 Å². The standard InChI is InChI=1S/C16H19ClN2/c1-10-3-12(8-18)6-13(4-10)15-7-14(17)5-11(2)16(15)9-19/h3-7H,8-9,18-19H2,1-2H3. The summed E-state index contributed by atoms with van der Waals surface area (Å²) in [5.41, 5.74) is 18.4. The molecule has 0 atom stereocenters. The molecule has 100 valence electrons. The zero-order valence-corrected chi connectivity index (χ0v) is 12.1. The summed E-state index contributed by atoms with van der Waals surface area (Å²) in [6.07, 6.45) is 0. The number of hydrogen-bond donors (Lipinski definition) is 2. The van der Waals surface area contributed by atoms with Crippen molar-refractivity contribution in [3.8, 4) is 11.1 Å². The lowest BCUT2D eigenvalue weighted by molar-refractivity contribution is 1.05. The average molecular weight is 275 g/mol. The Balaban J connectivity index is 2.67. The molecular weight excluding hydrogens is 256 g/mol. The highest BCUT2D eigenvalue weighted by atomic mass is 35.5. The molecule has 4 N–H and O–H groups in total. The van der Waals surface area contributed by atoms with E-state index in [1.807, 2.05) is 19.1 Å². The van der Waals surface area contributed by atoms with E-state index in [4.69, 9.17) is 23.1 Å². The molecular formula is C16H19ClN2. The second-order valence-corrected chi connectivity index (χ2v) is 5.30. The van der Waals surface area contributed by atoms with Crippen molar-refractivity contribution in [3.63, 3.8) is 0 Å². The van der Waals surface area contributed by atoms with Crippen LogP contribution in [0.25, 0.3) is 11.1 Å². The molecule has 0 aliphatic rings. The van der Waals surface area contributed by atoms with Gasteiger partial charge in [0.1, 0.15) is 0 Å². The minimum absolute atomic E-state index is 0.504. The van der Waals surface area contributed by atoms with Crippen molar-refractivity contribution >= 4 is 11.6 Å². The molecule has 2 aromatic carbocycles. The fourth-order valence-corrected chi connectivity index (χ4v) is 2.71. The van der Waals surface area contributed by atoms with Crippen LogP contribution in [-0.4, -0.2) is 0 Å². The monoisotopic (exact) mass is 274 g/mol. The molecule has 0 amide bonds. The summed E-state index contributed by atoms with van der Waals surface area (Å²) in [6.45, 7) is 5.15. The highest BCUT2D eigenvalue weighted by Gasteiger charge is 2.09. The van der Waals surface area contributed by atoms with Gasteiger partial charge in [-0.2, -0.15) is 0 Å². The van der Waals surface area contributed by atoms with Crippen LogP contribution < -0.4 is 11.5 Å². The third-order valence-corrected chi connectivity index (χ3v) is 3.54. The van der Waals surface area contributed by atoms with Gasteiger partial charge in [0.25, 0.3) is 0 Å². The molecule has 0 radical (unpaired) electrons. The second-order valence-electron chi connectivity index (χ2n) is 4.86. The van der Waals surface area contributed by atoms with E-state index < -0.39 is 0 Å². The van der Waals surface area contributed by atoms with E-state index in [-0.39, 0.29) is 0 Å². The molecule has 19 heavy (non-hydrogen) atoms. The number of nitrogens with two attached hydrogens (primary N) is 2. The molecule has 0 unspecified atom stereocenters. The largest absolute Gasteiger partial charge is 0.326 e. The number of rotatable bonds is 3. The SMILES string of the molecule is Cc1cc(CN)cc(-c2cc(Cl)cc(C)c2CN)c1. The number of hydrogen-bond acceptors (Lipinski definition) is 2. The lowest BCUT2D eigenvalue weighted by atomic mass is 9.93. The van der Waals surface area contributed by atoms with Crippen molar-refractivity contribution in [2.45, 2.75) is 26.9 Å². The minimum atomic E-state index is 0.504. The molecule has 3 heteroatoms. The van der Waals surface area contributed by atoms with E-state index >= 15 is 0 Å². The number of benzene rings is 2. The van der Waals surface area contributed by atoms with E-state index in [0.29, 0.717) is 13.1 Å². The number of aryl methyl sites for hydroxylation is 2. The molecule has 0 fully saturated rings. The molecule has 0 heterocycles. The third kappa shape index (κ3) is 2.98. The smallest absolute Gasteiger partial charge is 0.0415 e. The van der Waals surface area contributed by atoms with Gasteiger partial charge in [0, 0.05) is 18.1 Å². The summed E-state index contributed by atoms with van der Waals surface area (Å²) in [5, 5.41) is 0.737. The highest BCUT2D eigenvalue weighted by Crippen LogP contribution is 2.31. The third-order valence-electron chi connectivity index (χ3n) is 3.33. The molecule has 0 saturated heterocycles. The average Bonchev–Trinajstić information content (AvgIpc) is 2.37. The molecule has 0 bridgehead atoms. The Kier molecular flexibility index (Phi) is 4.25. The Morgan fingerprint density at radius 3 is 2.32 bits per heavy atom. The molecule has 2 rings (SSSR count). The molecule has 0 saturated carbocycles. The topological polar surface area (TPSA) is 52.0 Å². The van der Waals surface area contributed by atoms with Crippen LogP contribution in [0.5, 0.6) is 0 Å². The minimum Gasteiger partial charge on any atom is -0.326 e. The van der Waals surface area contributed by atoms with Crippen molar-refractivity contribution in [2.75, 3.05) is 0 Å². The first-order valence-electron chi connectivity index (χ1n) is 6.35. The van der Waals surface area contributed by atoms with Gasteiger partial charge in [-0.25, -0.2) is 0 Å². The Bertz CT molecular complexity index is 606. The van der Waals surface area contributed by atoms with Crippen LogP contribution in [0.3, 0.4) is 0 Å². The van der Waals surface area contributed by atoms with Crippen molar-refractivity contribution in [1.29, 1.82) is 0 Å². The first kappa shape index (κ1) is 14.1. The highest BCUT2D eigenvalue weighted by molar-refractivity contribution is 6.31. The summed E-state index contributed by atoms with van der Waals surface area (Å²) in [4.78, 5) is 0. The van der Waals surface area contributed by atoms with E-state index in [9.17, 15) is 0 Å². The van der Waals surface area contributed by atoms with Crippen LogP contribution in [0.4, 0.5) is 0 Å². The Morgan fingerprint density at radius 2 is 1.68 bits per heavy atom. The van der Waals surface area contributed by atoms with Crippen LogP contribution in [0.1, 0.15) is 22.3 Å². The summed E-state index contributed by atoms with van der Waals surface area (Å²) < 4.78 is 0. The number of halogens is 1. The molecule has 0 aromatic heterocycles. The lowest BCUT2D eigenvalue weighted by Crippen LogP contribution is -2.03. The van der Waals surface area contributed by atoms with E-state index in [2.05, 4.69) is 25.1 Å². The van der Waals surface area contributed by atoms with Gasteiger partial charge in [-0.05, 0) is 59.9 Å². The maximum absolute atomic E-state index is 6.18. The molecule has 0 aliphatic carbocycles. The summed E-state index contributed by atoms with van der Waals surface area (Å²) in [5.74, 6) is 0. The maximum Gasteiger partial charge on any atom is 0.0415 e. The molecule has 0 aliphatic heterocycles. The lowest BCUT2D eigenvalue weighted by Gasteiger charge is -2.14. The second kappa shape index (κ2) is 5.74. The van der Waals surface area contributed by atoms with Gasteiger partial charge < -0.3 is 11.5 Å². The van der Waals surface area contributed by atoms with Gasteiger partial charge in [-0.1, -0.05) is 29.3 Å². The van der Waals surface area contributed by atoms with Gasteiger partial charge in [-0.15, -0.1) is 0 Å². The first-order valence-corrected chi connectivity index (χ1v) is 6.73. The predicted octanol–water partition coefficient (Wildman–Crippen LogP) is 3.54. The Morgan fingerprint density at radius 1 is 0.947 bits per heavy atom. The Hall–Kier alpha value is -1.35. The summed E-state index contributed by atoms with van der Waals surface area (Å²) >= 11 is 6.18. The quantitative estimate of drug-likeness (QED) is 0.899. The summed E-state index contributed by atoms with van der Waals surface area (Å²) in [7, 11) is 0. The zero-order chi connectivity index (χ0) is 14.0. The van der Waals surface area contributed by atoms with Gasteiger partial charge >= 0.3 is 0 Å². The predicted molar refractivity (Wildman–Crippen MR) is 82.1 cm³/mol. The van der Waals surface area contributed by atoms with E-state index in [1.165, 1.54) is 5.56 Å². The van der Waals surface area contributed by atoms with Gasteiger partial charge in [0.2, 0.25) is 0 Å². The molecule has 0 spiro atoms. The fraction of sp³-hybridized carbons (Fsp3) is 0.250. The molecule has 2 aromatic rings. The van der Waals surface area contributed by atoms with Crippen molar-refractivity contribution in [3.05, 3.63) is 57.6 Å². The van der Waals surface area contributed by atoms with Crippen molar-refractivity contribution in [2.24, 2.45) is 11.5 Å². The Labute approximate surface area is 119 Å². The van der Waals surface area contributed by atoms with E-state index in [0.717, 1.165) is 32.8 Å². The van der Waals surface area contributed by atoms with Crippen LogP contribution in [0.2, 0.25) is 5.02 Å². The van der Waals surface area contributed by atoms with Crippen LogP contribution in [-0.2, 0) is 13.1 Å². The van der Waals surface area contributed by atoms with Gasteiger partial charge in [-0.3, -0.25) is 0 Å². The normalized spacial score (nSPS) is 10.8. The van der Waals surface area contributed by atoms with Crippen molar-refractivity contribution in [1.82, 2.24) is 0 Å². The van der Waals surface area contributed by atoms with Crippen molar-refractivity contribution < 1.29 is 0 Å². The van der Waals surface area contributed by atoms with Gasteiger partial charge in [0.05, 0.1) is 0 Å². The maximum atomic E-state index is 6.18. The first-order chi connectivity index (χ1) is 9.05.